The summed E-state index contributed by atoms with van der Waals surface area (Å²) in [6.07, 6.45) is 5.28. The molecule has 1 amide bonds. The molecule has 126 valence electrons. The molecule has 3 atom stereocenters. The fraction of sp³-hybridized carbons (Fsp3) is 0.579. The standard InChI is InChI=1S/C19H27NO3/c1-14-7-8-16(11-14)13-18(21)20-17(9-10-19(22)23)12-15-5-3-2-4-6-15/h2-6,14,16-17H,7-13H2,1H3,(H,20,21)(H,22,23). The number of benzene rings is 1. The number of carbonyl (C=O) groups excluding carboxylic acids is 1. The zero-order valence-electron chi connectivity index (χ0n) is 13.8. The number of carboxylic acids is 1. The highest BCUT2D eigenvalue weighted by Gasteiger charge is 2.24. The van der Waals surface area contributed by atoms with Gasteiger partial charge in [-0.05, 0) is 43.1 Å². The summed E-state index contributed by atoms with van der Waals surface area (Å²) in [6.45, 7) is 2.24. The Morgan fingerprint density at radius 1 is 1.26 bits per heavy atom. The predicted octanol–water partition coefficient (Wildman–Crippen LogP) is 3.41. The van der Waals surface area contributed by atoms with Crippen molar-refractivity contribution in [1.29, 1.82) is 0 Å². The summed E-state index contributed by atoms with van der Waals surface area (Å²) < 4.78 is 0. The average molecular weight is 317 g/mol. The molecule has 1 aromatic carbocycles. The number of carbonyl (C=O) groups is 2. The van der Waals surface area contributed by atoms with Gasteiger partial charge >= 0.3 is 5.97 Å². The smallest absolute Gasteiger partial charge is 0.303 e. The highest BCUT2D eigenvalue weighted by molar-refractivity contribution is 5.76. The van der Waals surface area contributed by atoms with Crippen molar-refractivity contribution in [3.05, 3.63) is 35.9 Å². The molecule has 2 N–H and O–H groups in total. The first-order valence-corrected chi connectivity index (χ1v) is 8.58. The second kappa shape index (κ2) is 8.70. The summed E-state index contributed by atoms with van der Waals surface area (Å²) in [5.74, 6) is 0.458. The Morgan fingerprint density at radius 3 is 2.61 bits per heavy atom. The van der Waals surface area contributed by atoms with Crippen LogP contribution >= 0.6 is 0 Å². The van der Waals surface area contributed by atoms with Crippen molar-refractivity contribution in [1.82, 2.24) is 5.32 Å². The van der Waals surface area contributed by atoms with Gasteiger partial charge in [0.05, 0.1) is 0 Å². The average Bonchev–Trinajstić information content (AvgIpc) is 2.90. The SMILES string of the molecule is CC1CCC(CC(=O)NC(CCC(=O)O)Cc2ccccc2)C1. The summed E-state index contributed by atoms with van der Waals surface area (Å²) in [6, 6.07) is 9.79. The Kier molecular flexibility index (Phi) is 6.63. The number of nitrogens with one attached hydrogen (secondary N) is 1. The van der Waals surface area contributed by atoms with Crippen molar-refractivity contribution < 1.29 is 14.7 Å². The van der Waals surface area contributed by atoms with Crippen LogP contribution in [0.1, 0.15) is 51.0 Å². The van der Waals surface area contributed by atoms with Crippen LogP contribution in [0.4, 0.5) is 0 Å². The molecule has 23 heavy (non-hydrogen) atoms. The van der Waals surface area contributed by atoms with Gasteiger partial charge in [-0.25, -0.2) is 0 Å². The minimum atomic E-state index is -0.818. The zero-order valence-corrected chi connectivity index (χ0v) is 13.8. The lowest BCUT2D eigenvalue weighted by atomic mass is 9.99. The van der Waals surface area contributed by atoms with Gasteiger partial charge in [-0.2, -0.15) is 0 Å². The molecule has 0 bridgehead atoms. The molecule has 1 saturated carbocycles. The lowest BCUT2D eigenvalue weighted by Gasteiger charge is -2.19. The van der Waals surface area contributed by atoms with Crippen LogP contribution in [-0.4, -0.2) is 23.0 Å². The van der Waals surface area contributed by atoms with Crippen LogP contribution in [0.25, 0.3) is 0 Å². The predicted molar refractivity (Wildman–Crippen MR) is 90.1 cm³/mol. The third kappa shape index (κ3) is 6.43. The van der Waals surface area contributed by atoms with Gasteiger partial charge in [0.15, 0.2) is 0 Å². The number of hydrogen-bond donors (Lipinski definition) is 2. The first-order chi connectivity index (χ1) is 11.0. The van der Waals surface area contributed by atoms with Crippen molar-refractivity contribution in [2.45, 2.75) is 57.9 Å². The van der Waals surface area contributed by atoms with Crippen molar-refractivity contribution >= 4 is 11.9 Å². The maximum atomic E-state index is 12.3. The minimum Gasteiger partial charge on any atom is -0.481 e. The van der Waals surface area contributed by atoms with E-state index in [-0.39, 0.29) is 18.4 Å². The maximum absolute atomic E-state index is 12.3. The van der Waals surface area contributed by atoms with Crippen molar-refractivity contribution in [3.63, 3.8) is 0 Å². The van der Waals surface area contributed by atoms with E-state index in [1.807, 2.05) is 30.3 Å². The molecule has 4 heteroatoms. The molecule has 1 aliphatic rings. The lowest BCUT2D eigenvalue weighted by Crippen LogP contribution is -2.37. The minimum absolute atomic E-state index is 0.0652. The molecular formula is C19H27NO3. The van der Waals surface area contributed by atoms with Gasteiger partial charge in [-0.15, -0.1) is 0 Å². The second-order valence-electron chi connectivity index (χ2n) is 6.87. The fourth-order valence-corrected chi connectivity index (χ4v) is 3.48. The summed E-state index contributed by atoms with van der Waals surface area (Å²) in [4.78, 5) is 23.1. The first kappa shape index (κ1) is 17.5. The molecule has 0 radical (unpaired) electrons. The van der Waals surface area contributed by atoms with Crippen LogP contribution in [0.2, 0.25) is 0 Å². The fourth-order valence-electron chi connectivity index (χ4n) is 3.48. The van der Waals surface area contributed by atoms with E-state index in [0.717, 1.165) is 24.3 Å². The third-order valence-electron chi connectivity index (χ3n) is 4.67. The van der Waals surface area contributed by atoms with Gasteiger partial charge < -0.3 is 10.4 Å². The molecule has 3 unspecified atom stereocenters. The number of rotatable bonds is 8. The van der Waals surface area contributed by atoms with Crippen LogP contribution in [-0.2, 0) is 16.0 Å². The van der Waals surface area contributed by atoms with Gasteiger partial charge in [0.25, 0.3) is 0 Å². The molecule has 0 aliphatic heterocycles. The Morgan fingerprint density at radius 2 is 2.00 bits per heavy atom. The van der Waals surface area contributed by atoms with Crippen molar-refractivity contribution in [2.24, 2.45) is 11.8 Å². The molecule has 0 aromatic heterocycles. The topological polar surface area (TPSA) is 66.4 Å². The van der Waals surface area contributed by atoms with Crippen LogP contribution in [0.5, 0.6) is 0 Å². The van der Waals surface area contributed by atoms with E-state index in [0.29, 0.717) is 25.2 Å². The van der Waals surface area contributed by atoms with Crippen LogP contribution in [0.3, 0.4) is 0 Å². The first-order valence-electron chi connectivity index (χ1n) is 8.58. The number of hydrogen-bond acceptors (Lipinski definition) is 2. The Hall–Kier alpha value is -1.84. The summed E-state index contributed by atoms with van der Waals surface area (Å²) in [7, 11) is 0. The molecule has 1 aromatic rings. The third-order valence-corrected chi connectivity index (χ3v) is 4.67. The summed E-state index contributed by atoms with van der Waals surface area (Å²) in [5.41, 5.74) is 1.12. The van der Waals surface area contributed by atoms with Crippen LogP contribution in [0, 0.1) is 11.8 Å². The quantitative estimate of drug-likeness (QED) is 0.772. The van der Waals surface area contributed by atoms with E-state index >= 15 is 0 Å². The summed E-state index contributed by atoms with van der Waals surface area (Å²) in [5, 5.41) is 12.0. The Bertz CT molecular complexity index is 515. The number of aliphatic carboxylic acids is 1. The second-order valence-corrected chi connectivity index (χ2v) is 6.87. The van der Waals surface area contributed by atoms with E-state index in [1.165, 1.54) is 6.42 Å². The van der Waals surface area contributed by atoms with Crippen molar-refractivity contribution in [2.75, 3.05) is 0 Å². The largest absolute Gasteiger partial charge is 0.481 e. The van der Waals surface area contributed by atoms with E-state index in [1.54, 1.807) is 0 Å². The van der Waals surface area contributed by atoms with Crippen LogP contribution in [0.15, 0.2) is 30.3 Å². The Labute approximate surface area is 138 Å². The highest BCUT2D eigenvalue weighted by atomic mass is 16.4. The van der Waals surface area contributed by atoms with Gasteiger partial charge in [-0.3, -0.25) is 9.59 Å². The number of amides is 1. The summed E-state index contributed by atoms with van der Waals surface area (Å²) >= 11 is 0. The maximum Gasteiger partial charge on any atom is 0.303 e. The molecule has 0 saturated heterocycles. The highest BCUT2D eigenvalue weighted by Crippen LogP contribution is 2.32. The molecule has 4 nitrogen and oxygen atoms in total. The molecule has 1 aliphatic carbocycles. The molecule has 0 spiro atoms. The van der Waals surface area contributed by atoms with Gasteiger partial charge in [0.1, 0.15) is 0 Å². The van der Waals surface area contributed by atoms with E-state index in [4.69, 9.17) is 5.11 Å². The van der Waals surface area contributed by atoms with Crippen LogP contribution < -0.4 is 5.32 Å². The molecule has 2 rings (SSSR count). The van der Waals surface area contributed by atoms with E-state index in [9.17, 15) is 9.59 Å². The normalized spacial score (nSPS) is 21.8. The van der Waals surface area contributed by atoms with Gasteiger partial charge in [0, 0.05) is 18.9 Å². The number of carboxylic acid groups (broad SMARTS) is 1. The van der Waals surface area contributed by atoms with E-state index < -0.39 is 5.97 Å². The van der Waals surface area contributed by atoms with Gasteiger partial charge in [0.2, 0.25) is 5.91 Å². The molecular weight excluding hydrogens is 290 g/mol. The lowest BCUT2D eigenvalue weighted by molar-refractivity contribution is -0.137. The molecule has 0 heterocycles. The Balaban J connectivity index is 1.87. The monoisotopic (exact) mass is 317 g/mol. The molecule has 1 fully saturated rings. The van der Waals surface area contributed by atoms with Gasteiger partial charge in [-0.1, -0.05) is 43.7 Å². The zero-order chi connectivity index (χ0) is 16.7. The van der Waals surface area contributed by atoms with Crippen molar-refractivity contribution in [3.8, 4) is 0 Å². The van der Waals surface area contributed by atoms with E-state index in [2.05, 4.69) is 12.2 Å².